The van der Waals surface area contributed by atoms with Crippen molar-refractivity contribution in [2.75, 3.05) is 12.3 Å². The number of benzene rings is 1. The first kappa shape index (κ1) is 20.1. The summed E-state index contributed by atoms with van der Waals surface area (Å²) in [5.74, 6) is 0.234. The Morgan fingerprint density at radius 3 is 2.96 bits per heavy atom. The molecule has 0 atom stereocenters. The van der Waals surface area contributed by atoms with Crippen LogP contribution in [0.4, 0.5) is 0 Å². The van der Waals surface area contributed by atoms with E-state index < -0.39 is 0 Å². The van der Waals surface area contributed by atoms with Gasteiger partial charge in [0, 0.05) is 17.6 Å². The first-order valence-corrected chi connectivity index (χ1v) is 11.1. The number of nitrogens with one attached hydrogen (secondary N) is 1. The lowest BCUT2D eigenvalue weighted by molar-refractivity contribution is -0.118. The third kappa shape index (κ3) is 5.23. The van der Waals surface area contributed by atoms with Crippen molar-refractivity contribution in [2.45, 2.75) is 50.7 Å². The summed E-state index contributed by atoms with van der Waals surface area (Å²) in [5, 5.41) is 4.14. The second-order valence-electron chi connectivity index (χ2n) is 6.60. The van der Waals surface area contributed by atoms with Gasteiger partial charge in [-0.1, -0.05) is 39.3 Å². The van der Waals surface area contributed by atoms with E-state index in [4.69, 9.17) is 0 Å². The molecule has 0 bridgehead atoms. The first-order valence-electron chi connectivity index (χ1n) is 9.36. The van der Waals surface area contributed by atoms with Crippen LogP contribution in [-0.4, -0.2) is 27.8 Å². The molecule has 1 aliphatic rings. The number of thioether (sulfide) groups is 1. The Morgan fingerprint density at radius 1 is 1.37 bits per heavy atom. The van der Waals surface area contributed by atoms with Crippen molar-refractivity contribution in [3.63, 3.8) is 0 Å². The van der Waals surface area contributed by atoms with Gasteiger partial charge in [0.25, 0.3) is 5.56 Å². The fraction of sp³-hybridized carbons (Fsp3) is 0.450. The molecule has 1 aliphatic carbocycles. The number of hydrogen-bond donors (Lipinski definition) is 1. The van der Waals surface area contributed by atoms with Crippen molar-refractivity contribution < 1.29 is 4.79 Å². The van der Waals surface area contributed by atoms with Crippen LogP contribution >= 0.6 is 27.7 Å². The molecule has 5 nitrogen and oxygen atoms in total. The zero-order chi connectivity index (χ0) is 19.2. The number of halogens is 1. The Kier molecular flexibility index (Phi) is 7.13. The molecule has 1 aromatic carbocycles. The number of rotatable bonds is 7. The molecule has 2 aromatic rings. The summed E-state index contributed by atoms with van der Waals surface area (Å²) in [6, 6.07) is 5.48. The highest BCUT2D eigenvalue weighted by molar-refractivity contribution is 9.10. The predicted molar refractivity (Wildman–Crippen MR) is 114 cm³/mol. The zero-order valence-electron chi connectivity index (χ0n) is 15.5. The molecule has 1 aromatic heterocycles. The second kappa shape index (κ2) is 9.55. The van der Waals surface area contributed by atoms with Gasteiger partial charge >= 0.3 is 0 Å². The Morgan fingerprint density at radius 2 is 2.22 bits per heavy atom. The van der Waals surface area contributed by atoms with Gasteiger partial charge in [-0.3, -0.25) is 14.2 Å². The van der Waals surface area contributed by atoms with Crippen LogP contribution in [0.2, 0.25) is 0 Å². The van der Waals surface area contributed by atoms with Gasteiger partial charge in [0.05, 0.1) is 16.7 Å². The standard InChI is InChI=1S/C20H24BrN3O2S/c1-2-24-19(26)16-12-15(21)8-9-17(16)23-20(24)27-13-18(25)22-11-10-14-6-4-3-5-7-14/h6,8-9,12H,2-5,7,10-11,13H2,1H3,(H,22,25). The molecule has 1 amide bonds. The lowest BCUT2D eigenvalue weighted by Gasteiger charge is -2.13. The molecule has 1 N–H and O–H groups in total. The molecule has 0 aliphatic heterocycles. The topological polar surface area (TPSA) is 64.0 Å². The van der Waals surface area contributed by atoms with E-state index in [9.17, 15) is 9.59 Å². The number of fused-ring (bicyclic) bond motifs is 1. The van der Waals surface area contributed by atoms with Crippen LogP contribution in [0, 0.1) is 0 Å². The monoisotopic (exact) mass is 449 g/mol. The van der Waals surface area contributed by atoms with Gasteiger partial charge in [-0.25, -0.2) is 4.98 Å². The molecular weight excluding hydrogens is 426 g/mol. The highest BCUT2D eigenvalue weighted by atomic mass is 79.9. The summed E-state index contributed by atoms with van der Waals surface area (Å²) in [6.45, 7) is 3.10. The largest absolute Gasteiger partial charge is 0.355 e. The van der Waals surface area contributed by atoms with E-state index >= 15 is 0 Å². The van der Waals surface area contributed by atoms with Crippen LogP contribution in [0.15, 0.2) is 44.3 Å². The van der Waals surface area contributed by atoms with Crippen LogP contribution < -0.4 is 10.9 Å². The van der Waals surface area contributed by atoms with Crippen molar-refractivity contribution in [3.8, 4) is 0 Å². The molecule has 0 fully saturated rings. The summed E-state index contributed by atoms with van der Waals surface area (Å²) in [4.78, 5) is 29.5. The van der Waals surface area contributed by atoms with E-state index in [1.165, 1.54) is 30.2 Å². The first-order chi connectivity index (χ1) is 13.1. The zero-order valence-corrected chi connectivity index (χ0v) is 17.9. The molecular formula is C20H24BrN3O2S. The Labute approximate surface area is 171 Å². The van der Waals surface area contributed by atoms with E-state index in [0.717, 1.165) is 23.7 Å². The van der Waals surface area contributed by atoms with Crippen molar-refractivity contribution in [1.29, 1.82) is 0 Å². The molecule has 0 saturated carbocycles. The van der Waals surface area contributed by atoms with Gasteiger partial charge < -0.3 is 5.32 Å². The molecule has 1 heterocycles. The van der Waals surface area contributed by atoms with E-state index in [1.807, 2.05) is 19.1 Å². The molecule has 7 heteroatoms. The predicted octanol–water partition coefficient (Wildman–Crippen LogP) is 4.28. The second-order valence-corrected chi connectivity index (χ2v) is 8.46. The SMILES string of the molecule is CCn1c(SCC(=O)NCCC2=CCCCC2)nc2ccc(Br)cc2c1=O. The van der Waals surface area contributed by atoms with Gasteiger partial charge in [-0.2, -0.15) is 0 Å². The van der Waals surface area contributed by atoms with Crippen molar-refractivity contribution >= 4 is 44.5 Å². The number of amides is 1. The maximum absolute atomic E-state index is 12.7. The van der Waals surface area contributed by atoms with Crippen LogP contribution in [0.3, 0.4) is 0 Å². The van der Waals surface area contributed by atoms with E-state index in [0.29, 0.717) is 29.1 Å². The van der Waals surface area contributed by atoms with Gasteiger partial charge in [0.15, 0.2) is 5.16 Å². The summed E-state index contributed by atoms with van der Waals surface area (Å²) >= 11 is 4.71. The lowest BCUT2D eigenvalue weighted by atomic mass is 9.97. The van der Waals surface area contributed by atoms with E-state index in [1.54, 1.807) is 10.6 Å². The number of hydrogen-bond acceptors (Lipinski definition) is 4. The molecule has 0 unspecified atom stereocenters. The maximum Gasteiger partial charge on any atom is 0.262 e. The van der Waals surface area contributed by atoms with Crippen molar-refractivity contribution in [1.82, 2.24) is 14.9 Å². The van der Waals surface area contributed by atoms with Gasteiger partial charge in [0.1, 0.15) is 0 Å². The highest BCUT2D eigenvalue weighted by Crippen LogP contribution is 2.21. The van der Waals surface area contributed by atoms with Gasteiger partial charge in [0.2, 0.25) is 5.91 Å². The lowest BCUT2D eigenvalue weighted by Crippen LogP contribution is -2.28. The quantitative estimate of drug-likeness (QED) is 0.389. The maximum atomic E-state index is 12.7. The average Bonchev–Trinajstić information content (AvgIpc) is 2.68. The van der Waals surface area contributed by atoms with E-state index in [2.05, 4.69) is 32.3 Å². The Bertz CT molecular complexity index is 923. The number of carbonyl (C=O) groups is 1. The molecule has 27 heavy (non-hydrogen) atoms. The number of aromatic nitrogens is 2. The number of nitrogens with zero attached hydrogens (tertiary/aromatic N) is 2. The summed E-state index contributed by atoms with van der Waals surface area (Å²) in [7, 11) is 0. The highest BCUT2D eigenvalue weighted by Gasteiger charge is 2.13. The molecule has 0 radical (unpaired) electrons. The number of carbonyl (C=O) groups excluding carboxylic acids is 1. The van der Waals surface area contributed by atoms with Crippen LogP contribution in [0.25, 0.3) is 10.9 Å². The smallest absolute Gasteiger partial charge is 0.262 e. The van der Waals surface area contributed by atoms with Crippen LogP contribution in [-0.2, 0) is 11.3 Å². The van der Waals surface area contributed by atoms with Crippen LogP contribution in [0.1, 0.15) is 39.0 Å². The third-order valence-corrected chi connectivity index (χ3v) is 6.15. The minimum absolute atomic E-state index is 0.0239. The fourth-order valence-corrected chi connectivity index (χ4v) is 4.49. The molecule has 0 saturated heterocycles. The van der Waals surface area contributed by atoms with Gasteiger partial charge in [-0.15, -0.1) is 0 Å². The normalized spacial score (nSPS) is 14.2. The summed E-state index contributed by atoms with van der Waals surface area (Å²) < 4.78 is 2.48. The number of allylic oxidation sites excluding steroid dienone is 1. The summed E-state index contributed by atoms with van der Waals surface area (Å²) in [5.41, 5.74) is 2.03. The van der Waals surface area contributed by atoms with Crippen molar-refractivity contribution in [2.24, 2.45) is 0 Å². The van der Waals surface area contributed by atoms with Crippen LogP contribution in [0.5, 0.6) is 0 Å². The molecule has 0 spiro atoms. The van der Waals surface area contributed by atoms with Gasteiger partial charge in [-0.05, 0) is 57.2 Å². The Balaban J connectivity index is 1.62. The minimum atomic E-state index is -0.0732. The minimum Gasteiger partial charge on any atom is -0.355 e. The van der Waals surface area contributed by atoms with E-state index in [-0.39, 0.29) is 17.2 Å². The average molecular weight is 450 g/mol. The molecule has 144 valence electrons. The van der Waals surface area contributed by atoms with Crippen molar-refractivity contribution in [3.05, 3.63) is 44.7 Å². The third-order valence-electron chi connectivity index (χ3n) is 4.68. The summed E-state index contributed by atoms with van der Waals surface area (Å²) in [6.07, 6.45) is 8.10. The Hall–Kier alpha value is -1.60. The molecule has 3 rings (SSSR count). The fourth-order valence-electron chi connectivity index (χ4n) is 3.24.